The minimum atomic E-state index is -0.229. The quantitative estimate of drug-likeness (QED) is 0.315. The molecule has 8 atom stereocenters. The minimum Gasteiger partial charge on any atom is -0.352 e. The summed E-state index contributed by atoms with van der Waals surface area (Å²) < 4.78 is 0. The van der Waals surface area contributed by atoms with Crippen LogP contribution in [0.15, 0.2) is 84.9 Å². The van der Waals surface area contributed by atoms with E-state index >= 15 is 0 Å². The fourth-order valence-corrected chi connectivity index (χ4v) is 8.04. The lowest BCUT2D eigenvalue weighted by atomic mass is 9.93. The fourth-order valence-electron chi connectivity index (χ4n) is 8.04. The fraction of sp³-hybridized carbons (Fsp3) is 0.450. The lowest BCUT2D eigenvalue weighted by molar-refractivity contribution is -0.126. The Morgan fingerprint density at radius 2 is 0.938 bits per heavy atom. The molecule has 3 aromatic rings. The van der Waals surface area contributed by atoms with Crippen LogP contribution >= 0.6 is 0 Å². The van der Waals surface area contributed by atoms with Crippen LogP contribution in [0, 0.1) is 23.7 Å². The predicted octanol–water partition coefficient (Wildman–Crippen LogP) is 5.23. The summed E-state index contributed by atoms with van der Waals surface area (Å²) in [6.07, 6.45) is 3.55. The van der Waals surface area contributed by atoms with E-state index in [2.05, 4.69) is 48.7 Å². The maximum atomic E-state index is 13.5. The van der Waals surface area contributed by atoms with E-state index in [9.17, 15) is 19.2 Å². The second-order valence-electron chi connectivity index (χ2n) is 14.3. The lowest BCUT2D eigenvalue weighted by Crippen LogP contribution is -2.37. The van der Waals surface area contributed by atoms with E-state index in [1.165, 1.54) is 11.1 Å². The van der Waals surface area contributed by atoms with Crippen molar-refractivity contribution in [2.75, 3.05) is 26.2 Å². The average Bonchev–Trinajstić information content (AvgIpc) is 3.97. The summed E-state index contributed by atoms with van der Waals surface area (Å²) in [7, 11) is 0. The van der Waals surface area contributed by atoms with Crippen molar-refractivity contribution in [2.45, 2.75) is 63.5 Å². The van der Waals surface area contributed by atoms with Gasteiger partial charge in [0.1, 0.15) is 0 Å². The third-order valence-electron chi connectivity index (χ3n) is 11.2. The van der Waals surface area contributed by atoms with Crippen molar-refractivity contribution in [3.63, 3.8) is 0 Å². The number of rotatable bonds is 10. The highest BCUT2D eigenvalue weighted by Gasteiger charge is 2.45. The lowest BCUT2D eigenvalue weighted by Gasteiger charge is -2.18. The first kappa shape index (κ1) is 32.1. The Labute approximate surface area is 283 Å². The second-order valence-corrected chi connectivity index (χ2v) is 14.3. The minimum absolute atomic E-state index is 0.0395. The standard InChI is InChI=1S/C40H46N4O4/c1-3-25-21-43(23-33(25)37(45)41-35-19-31(35)27-11-7-5-8-12-27)39(47)29-15-17-30(18-16-29)40(48)44-22-26(4-2)34(24-44)38(46)42-36-20-32(36)28-13-9-6-10-14-28/h5-18,25-26,31-36H,3-4,19-24H2,1-2H3,(H,41,45)(H,42,46)/t25?,26?,31-,32-,33-,34?,35+,36+/m1/s1. The van der Waals surface area contributed by atoms with Crippen LogP contribution in [0.4, 0.5) is 0 Å². The molecule has 2 aliphatic heterocycles. The van der Waals surface area contributed by atoms with Crippen LogP contribution in [0.1, 0.15) is 83.2 Å². The summed E-state index contributed by atoms with van der Waals surface area (Å²) >= 11 is 0. The summed E-state index contributed by atoms with van der Waals surface area (Å²) in [6.45, 7) is 6.04. The van der Waals surface area contributed by atoms with Gasteiger partial charge in [-0.05, 0) is 60.1 Å². The molecule has 0 bridgehead atoms. The Bertz CT molecular complexity index is 1520. The number of likely N-dealkylation sites (tertiary alicyclic amines) is 2. The van der Waals surface area contributed by atoms with E-state index in [-0.39, 0.29) is 59.4 Å². The van der Waals surface area contributed by atoms with E-state index in [4.69, 9.17) is 0 Å². The van der Waals surface area contributed by atoms with Crippen LogP contribution in [0.2, 0.25) is 0 Å². The molecule has 8 nitrogen and oxygen atoms in total. The zero-order chi connectivity index (χ0) is 33.4. The topological polar surface area (TPSA) is 98.8 Å². The maximum Gasteiger partial charge on any atom is 0.253 e. The van der Waals surface area contributed by atoms with Crippen LogP contribution in [0.3, 0.4) is 0 Å². The number of carbonyl (C=O) groups is 4. The third kappa shape index (κ3) is 6.62. The van der Waals surface area contributed by atoms with E-state index in [0.717, 1.165) is 25.7 Å². The smallest absolute Gasteiger partial charge is 0.253 e. The number of nitrogens with one attached hydrogen (secondary N) is 2. The monoisotopic (exact) mass is 646 g/mol. The molecule has 0 spiro atoms. The molecule has 2 heterocycles. The first-order chi connectivity index (χ1) is 23.3. The van der Waals surface area contributed by atoms with Gasteiger partial charge in [-0.1, -0.05) is 87.4 Å². The third-order valence-corrected chi connectivity index (χ3v) is 11.2. The molecule has 2 N–H and O–H groups in total. The van der Waals surface area contributed by atoms with Gasteiger partial charge in [-0.15, -0.1) is 0 Å². The molecule has 4 amide bonds. The van der Waals surface area contributed by atoms with Crippen LogP contribution in [-0.2, 0) is 9.59 Å². The maximum absolute atomic E-state index is 13.5. The molecule has 2 saturated carbocycles. The van der Waals surface area contributed by atoms with Crippen molar-refractivity contribution < 1.29 is 19.2 Å². The highest BCUT2D eigenvalue weighted by Crippen LogP contribution is 2.42. The molecule has 0 aromatic heterocycles. The second kappa shape index (κ2) is 13.6. The van der Waals surface area contributed by atoms with Gasteiger partial charge in [0.2, 0.25) is 11.8 Å². The van der Waals surface area contributed by atoms with Gasteiger partial charge in [0.25, 0.3) is 11.8 Å². The number of hydrogen-bond acceptors (Lipinski definition) is 4. The van der Waals surface area contributed by atoms with Crippen molar-refractivity contribution in [3.8, 4) is 0 Å². The van der Waals surface area contributed by atoms with E-state index in [1.54, 1.807) is 34.1 Å². The molecule has 250 valence electrons. The molecule has 7 rings (SSSR count). The summed E-state index contributed by atoms with van der Waals surface area (Å²) in [4.78, 5) is 57.3. The Morgan fingerprint density at radius 3 is 1.29 bits per heavy atom. The highest BCUT2D eigenvalue weighted by molar-refractivity contribution is 5.98. The zero-order valence-corrected chi connectivity index (χ0v) is 27.9. The van der Waals surface area contributed by atoms with Crippen LogP contribution in [0.5, 0.6) is 0 Å². The first-order valence-electron chi connectivity index (χ1n) is 17.7. The van der Waals surface area contributed by atoms with Crippen LogP contribution in [0.25, 0.3) is 0 Å². The molecule has 0 radical (unpaired) electrons. The Kier molecular flexibility index (Phi) is 9.08. The molecule has 48 heavy (non-hydrogen) atoms. The van der Waals surface area contributed by atoms with Gasteiger partial charge in [0, 0.05) is 61.2 Å². The zero-order valence-electron chi connectivity index (χ0n) is 27.9. The number of nitrogens with zero attached hydrogens (tertiary/aromatic N) is 2. The average molecular weight is 647 g/mol. The largest absolute Gasteiger partial charge is 0.352 e. The van der Waals surface area contributed by atoms with Crippen molar-refractivity contribution in [1.29, 1.82) is 0 Å². The van der Waals surface area contributed by atoms with Crippen LogP contribution in [-0.4, -0.2) is 71.7 Å². The van der Waals surface area contributed by atoms with E-state index in [1.807, 2.05) is 36.4 Å². The Morgan fingerprint density at radius 1 is 0.562 bits per heavy atom. The van der Waals surface area contributed by atoms with Gasteiger partial charge in [-0.2, -0.15) is 0 Å². The summed E-state index contributed by atoms with van der Waals surface area (Å²) in [5.74, 6) is 0.337. The molecular weight excluding hydrogens is 600 g/mol. The normalized spacial score (nSPS) is 29.0. The van der Waals surface area contributed by atoms with Gasteiger partial charge in [0.05, 0.1) is 11.8 Å². The Hall–Kier alpha value is -4.46. The van der Waals surface area contributed by atoms with E-state index in [0.29, 0.717) is 49.1 Å². The van der Waals surface area contributed by atoms with Gasteiger partial charge < -0.3 is 20.4 Å². The number of hydrogen-bond donors (Lipinski definition) is 2. The first-order valence-corrected chi connectivity index (χ1v) is 17.7. The van der Waals surface area contributed by atoms with Crippen LogP contribution < -0.4 is 10.6 Å². The predicted molar refractivity (Wildman–Crippen MR) is 184 cm³/mol. The molecule has 8 heteroatoms. The number of carbonyl (C=O) groups excluding carboxylic acids is 4. The van der Waals surface area contributed by atoms with Gasteiger partial charge in [-0.3, -0.25) is 19.2 Å². The van der Waals surface area contributed by atoms with Gasteiger partial charge in [-0.25, -0.2) is 0 Å². The SMILES string of the molecule is CCC1CN(C(=O)c2ccc(C(=O)N3CC(CC)[C@H](C(=O)N[C@H]4C[C@@H]4c4ccccc4)C3)cc2)CC1C(=O)N[C@H]1C[C@@H]1c1ccccc1. The molecule has 2 saturated heterocycles. The van der Waals surface area contributed by atoms with Gasteiger partial charge in [0.15, 0.2) is 0 Å². The summed E-state index contributed by atoms with van der Waals surface area (Å²) in [5, 5.41) is 6.50. The molecular formula is C40H46N4O4. The highest BCUT2D eigenvalue weighted by atomic mass is 16.2. The van der Waals surface area contributed by atoms with Gasteiger partial charge >= 0.3 is 0 Å². The molecule has 4 aliphatic rings. The molecule has 2 aliphatic carbocycles. The summed E-state index contributed by atoms with van der Waals surface area (Å²) in [6, 6.07) is 27.8. The van der Waals surface area contributed by atoms with E-state index < -0.39 is 0 Å². The van der Waals surface area contributed by atoms with Crippen molar-refractivity contribution in [3.05, 3.63) is 107 Å². The molecule has 3 unspecified atom stereocenters. The Balaban J connectivity index is 0.925. The van der Waals surface area contributed by atoms with Crippen molar-refractivity contribution in [1.82, 2.24) is 20.4 Å². The van der Waals surface area contributed by atoms with Crippen molar-refractivity contribution in [2.24, 2.45) is 23.7 Å². The van der Waals surface area contributed by atoms with Crippen molar-refractivity contribution >= 4 is 23.6 Å². The number of amides is 4. The molecule has 4 fully saturated rings. The summed E-state index contributed by atoms with van der Waals surface area (Å²) in [5.41, 5.74) is 3.53. The molecule has 3 aromatic carbocycles. The number of benzene rings is 3.